The summed E-state index contributed by atoms with van der Waals surface area (Å²) < 4.78 is 18.7. The zero-order chi connectivity index (χ0) is 11.5. The first kappa shape index (κ1) is 11.3. The maximum atomic E-state index is 13.1. The molecule has 88 valence electrons. The van der Waals surface area contributed by atoms with Crippen LogP contribution in [0.4, 0.5) is 4.39 Å². The number of nitrogens with zero attached hydrogens (tertiary/aromatic N) is 2. The number of likely N-dealkylation sites (tertiary alicyclic amines) is 1. The third kappa shape index (κ3) is 2.32. The molecule has 0 spiro atoms. The average molecular weight is 224 g/mol. The van der Waals surface area contributed by atoms with Crippen molar-refractivity contribution >= 4 is 0 Å². The highest BCUT2D eigenvalue weighted by Gasteiger charge is 2.24. The number of hydrogen-bond acceptors (Lipinski definition) is 3. The Morgan fingerprint density at radius 3 is 3.00 bits per heavy atom. The summed E-state index contributed by atoms with van der Waals surface area (Å²) in [5.74, 6) is 0.272. The molecule has 0 saturated carbocycles. The molecule has 1 atom stereocenters. The van der Waals surface area contributed by atoms with E-state index in [0.717, 1.165) is 6.54 Å². The number of halogens is 1. The van der Waals surface area contributed by atoms with Crippen LogP contribution in [0.25, 0.3) is 0 Å². The lowest BCUT2D eigenvalue weighted by Crippen LogP contribution is -2.48. The van der Waals surface area contributed by atoms with E-state index in [2.05, 4.69) is 16.9 Å². The Morgan fingerprint density at radius 1 is 1.62 bits per heavy atom. The Labute approximate surface area is 95.2 Å². The van der Waals surface area contributed by atoms with Crippen molar-refractivity contribution in [1.82, 2.24) is 9.88 Å². The van der Waals surface area contributed by atoms with Crippen LogP contribution in [-0.2, 0) is 6.42 Å². The Balaban J connectivity index is 1.93. The molecule has 1 fully saturated rings. The Bertz CT molecular complexity index is 370. The molecule has 1 aromatic heterocycles. The fourth-order valence-corrected chi connectivity index (χ4v) is 1.77. The van der Waals surface area contributed by atoms with E-state index in [1.807, 2.05) is 6.92 Å². The molecule has 4 heteroatoms. The first-order chi connectivity index (χ1) is 7.70. The van der Waals surface area contributed by atoms with Crippen molar-refractivity contribution in [1.29, 1.82) is 0 Å². The average Bonchev–Trinajstić information content (AvgIpc) is 2.29. The van der Waals surface area contributed by atoms with Gasteiger partial charge in [0.15, 0.2) is 0 Å². The summed E-state index contributed by atoms with van der Waals surface area (Å²) in [5, 5.41) is 0. The van der Waals surface area contributed by atoms with Crippen LogP contribution < -0.4 is 4.74 Å². The summed E-state index contributed by atoms with van der Waals surface area (Å²) in [6.07, 6.45) is 3.26. The zero-order valence-corrected chi connectivity index (χ0v) is 9.74. The molecule has 2 rings (SSSR count). The van der Waals surface area contributed by atoms with Crippen LogP contribution in [0.3, 0.4) is 0 Å². The molecule has 0 aromatic carbocycles. The molecule has 0 N–H and O–H groups in total. The molecule has 0 aliphatic carbocycles. The summed E-state index contributed by atoms with van der Waals surface area (Å²) in [7, 11) is 2.08. The standard InChI is InChI=1S/C12H17FN2O/c1-3-9-6-11(7-14-12(9)13)16-8-10-4-5-15(10)2/h6-7,10H,3-5,8H2,1-2H3/t10-/m0/s1. The van der Waals surface area contributed by atoms with Crippen LogP contribution in [-0.4, -0.2) is 36.1 Å². The predicted octanol–water partition coefficient (Wildman–Crippen LogP) is 1.87. The lowest BCUT2D eigenvalue weighted by molar-refractivity contribution is 0.0766. The van der Waals surface area contributed by atoms with Gasteiger partial charge in [-0.15, -0.1) is 0 Å². The van der Waals surface area contributed by atoms with Crippen molar-refractivity contribution in [3.05, 3.63) is 23.8 Å². The van der Waals surface area contributed by atoms with E-state index in [1.165, 1.54) is 12.6 Å². The quantitative estimate of drug-likeness (QED) is 0.730. The monoisotopic (exact) mass is 224 g/mol. The van der Waals surface area contributed by atoms with Crippen LogP contribution >= 0.6 is 0 Å². The molecule has 0 amide bonds. The van der Waals surface area contributed by atoms with Crippen molar-refractivity contribution in [2.45, 2.75) is 25.8 Å². The van der Waals surface area contributed by atoms with Crippen molar-refractivity contribution in [2.24, 2.45) is 0 Å². The third-order valence-corrected chi connectivity index (χ3v) is 3.15. The van der Waals surface area contributed by atoms with Gasteiger partial charge in [-0.2, -0.15) is 4.39 Å². The number of pyridine rings is 1. The van der Waals surface area contributed by atoms with Gasteiger partial charge in [-0.25, -0.2) is 4.98 Å². The van der Waals surface area contributed by atoms with E-state index >= 15 is 0 Å². The molecule has 1 saturated heterocycles. The van der Waals surface area contributed by atoms with Gasteiger partial charge in [-0.3, -0.25) is 4.90 Å². The maximum Gasteiger partial charge on any atom is 0.216 e. The molecule has 1 aliphatic heterocycles. The van der Waals surface area contributed by atoms with Gasteiger partial charge in [0.25, 0.3) is 0 Å². The molecule has 16 heavy (non-hydrogen) atoms. The highest BCUT2D eigenvalue weighted by Crippen LogP contribution is 2.18. The van der Waals surface area contributed by atoms with E-state index in [1.54, 1.807) is 6.07 Å². The van der Waals surface area contributed by atoms with E-state index in [0.29, 0.717) is 30.4 Å². The zero-order valence-electron chi connectivity index (χ0n) is 9.74. The summed E-state index contributed by atoms with van der Waals surface area (Å²) in [4.78, 5) is 5.93. The van der Waals surface area contributed by atoms with Gasteiger partial charge in [-0.05, 0) is 32.5 Å². The van der Waals surface area contributed by atoms with Crippen LogP contribution in [0.15, 0.2) is 12.3 Å². The van der Waals surface area contributed by atoms with Gasteiger partial charge in [0.05, 0.1) is 6.20 Å². The van der Waals surface area contributed by atoms with Gasteiger partial charge in [0.2, 0.25) is 5.95 Å². The minimum absolute atomic E-state index is 0.393. The topological polar surface area (TPSA) is 25.4 Å². The fraction of sp³-hybridized carbons (Fsp3) is 0.583. The van der Waals surface area contributed by atoms with Crippen LogP contribution in [0.1, 0.15) is 18.9 Å². The highest BCUT2D eigenvalue weighted by molar-refractivity contribution is 5.24. The van der Waals surface area contributed by atoms with Gasteiger partial charge in [-0.1, -0.05) is 6.92 Å². The maximum absolute atomic E-state index is 13.1. The van der Waals surface area contributed by atoms with Gasteiger partial charge >= 0.3 is 0 Å². The molecule has 0 bridgehead atoms. The molecular formula is C12H17FN2O. The molecule has 1 aromatic rings. The third-order valence-electron chi connectivity index (χ3n) is 3.15. The minimum Gasteiger partial charge on any atom is -0.490 e. The first-order valence-electron chi connectivity index (χ1n) is 5.68. The van der Waals surface area contributed by atoms with Gasteiger partial charge in [0.1, 0.15) is 12.4 Å². The summed E-state index contributed by atoms with van der Waals surface area (Å²) in [6.45, 7) is 3.70. The van der Waals surface area contributed by atoms with E-state index in [-0.39, 0.29) is 0 Å². The smallest absolute Gasteiger partial charge is 0.216 e. The lowest BCUT2D eigenvalue weighted by atomic mass is 10.1. The predicted molar refractivity (Wildman–Crippen MR) is 60.1 cm³/mol. The van der Waals surface area contributed by atoms with Crippen LogP contribution in [0.2, 0.25) is 0 Å². The molecule has 2 heterocycles. The second-order valence-corrected chi connectivity index (χ2v) is 4.21. The minimum atomic E-state index is -0.393. The summed E-state index contributed by atoms with van der Waals surface area (Å²) in [6, 6.07) is 2.23. The molecule has 0 radical (unpaired) electrons. The summed E-state index contributed by atoms with van der Waals surface area (Å²) in [5.41, 5.74) is 0.611. The van der Waals surface area contributed by atoms with Crippen molar-refractivity contribution in [3.63, 3.8) is 0 Å². The molecule has 1 aliphatic rings. The summed E-state index contributed by atoms with van der Waals surface area (Å²) >= 11 is 0. The number of aryl methyl sites for hydroxylation is 1. The Hall–Kier alpha value is -1.16. The normalized spacial score (nSPS) is 20.6. The molecule has 0 unspecified atom stereocenters. The second kappa shape index (κ2) is 4.78. The fourth-order valence-electron chi connectivity index (χ4n) is 1.77. The largest absolute Gasteiger partial charge is 0.490 e. The number of rotatable bonds is 4. The number of aromatic nitrogens is 1. The van der Waals surface area contributed by atoms with Crippen molar-refractivity contribution < 1.29 is 9.13 Å². The lowest BCUT2D eigenvalue weighted by Gasteiger charge is -2.37. The van der Waals surface area contributed by atoms with E-state index in [4.69, 9.17) is 4.74 Å². The Kier molecular flexibility index (Phi) is 3.39. The molecule has 3 nitrogen and oxygen atoms in total. The van der Waals surface area contributed by atoms with Crippen LogP contribution in [0.5, 0.6) is 5.75 Å². The van der Waals surface area contributed by atoms with E-state index < -0.39 is 5.95 Å². The molecular weight excluding hydrogens is 207 g/mol. The van der Waals surface area contributed by atoms with E-state index in [9.17, 15) is 4.39 Å². The van der Waals surface area contributed by atoms with Crippen LogP contribution in [0, 0.1) is 5.95 Å². The van der Waals surface area contributed by atoms with Gasteiger partial charge < -0.3 is 4.74 Å². The highest BCUT2D eigenvalue weighted by atomic mass is 19.1. The second-order valence-electron chi connectivity index (χ2n) is 4.21. The van der Waals surface area contributed by atoms with Crippen molar-refractivity contribution in [3.8, 4) is 5.75 Å². The number of hydrogen-bond donors (Lipinski definition) is 0. The SMILES string of the molecule is CCc1cc(OC[C@@H]2CCN2C)cnc1F. The first-order valence-corrected chi connectivity index (χ1v) is 5.68. The number of likely N-dealkylation sites (N-methyl/N-ethyl adjacent to an activating group) is 1. The number of ether oxygens (including phenoxy) is 1. The van der Waals surface area contributed by atoms with Crippen molar-refractivity contribution in [2.75, 3.05) is 20.2 Å². The van der Waals surface area contributed by atoms with Gasteiger partial charge in [0, 0.05) is 11.6 Å². The Morgan fingerprint density at radius 2 is 2.44 bits per heavy atom.